The predicted molar refractivity (Wildman–Crippen MR) is 78.0 cm³/mol. The number of nitrogens with zero attached hydrogens (tertiary/aromatic N) is 2. The molecule has 0 aromatic carbocycles. The van der Waals surface area contributed by atoms with E-state index >= 15 is 0 Å². The van der Waals surface area contributed by atoms with E-state index in [1.165, 1.54) is 4.90 Å². The molecule has 0 spiro atoms. The van der Waals surface area contributed by atoms with Gasteiger partial charge in [0, 0.05) is 0 Å². The number of amides is 2. The van der Waals surface area contributed by atoms with Crippen LogP contribution in [0.25, 0.3) is 0 Å². The maximum Gasteiger partial charge on any atom is 0.238 e. The third-order valence-corrected chi connectivity index (χ3v) is 4.16. The number of anilines is 1. The lowest BCUT2D eigenvalue weighted by Crippen LogP contribution is -2.32. The van der Waals surface area contributed by atoms with Crippen molar-refractivity contribution in [3.05, 3.63) is 23.9 Å². The van der Waals surface area contributed by atoms with Gasteiger partial charge in [0.25, 0.3) is 0 Å². The Morgan fingerprint density at radius 3 is 2.57 bits per heavy atom. The summed E-state index contributed by atoms with van der Waals surface area (Å²) in [5.74, 6) is 5.76. The summed E-state index contributed by atoms with van der Waals surface area (Å²) in [5.41, 5.74) is 5.85. The van der Waals surface area contributed by atoms with Crippen LogP contribution in [0.3, 0.4) is 0 Å². The van der Waals surface area contributed by atoms with E-state index in [-0.39, 0.29) is 30.2 Å². The summed E-state index contributed by atoms with van der Waals surface area (Å²) in [6.07, 6.45) is 1.58. The van der Waals surface area contributed by atoms with Gasteiger partial charge in [0.05, 0.1) is 18.4 Å². The van der Waals surface area contributed by atoms with Crippen LogP contribution in [0.5, 0.6) is 0 Å². The zero-order valence-electron chi connectivity index (χ0n) is 11.9. The molecule has 2 N–H and O–H groups in total. The Morgan fingerprint density at radius 1 is 1.29 bits per heavy atom. The van der Waals surface area contributed by atoms with Crippen molar-refractivity contribution >= 4 is 17.6 Å². The van der Waals surface area contributed by atoms with Crippen LogP contribution < -0.4 is 10.6 Å². The third-order valence-electron chi connectivity index (χ3n) is 4.16. The second kappa shape index (κ2) is 5.30. The zero-order chi connectivity index (χ0) is 15.0. The average molecular weight is 283 g/mol. The van der Waals surface area contributed by atoms with E-state index in [4.69, 9.17) is 5.73 Å². The van der Waals surface area contributed by atoms with Gasteiger partial charge >= 0.3 is 0 Å². The van der Waals surface area contributed by atoms with Crippen molar-refractivity contribution in [2.24, 2.45) is 23.5 Å². The van der Waals surface area contributed by atoms with Crippen LogP contribution in [0.2, 0.25) is 0 Å². The van der Waals surface area contributed by atoms with Crippen molar-refractivity contribution in [1.29, 1.82) is 0 Å². The standard InChI is InChI=1S/C16H17N3O2/c1-10-8-12-13(9-10)16(21)19(15(12)20)14-6-2-4-11(18-14)5-3-7-17/h2,4,6,10,12-13H,7-9,17H2,1H3. The molecule has 21 heavy (non-hydrogen) atoms. The van der Waals surface area contributed by atoms with E-state index in [0.29, 0.717) is 17.4 Å². The molecule has 0 bridgehead atoms. The number of carbonyl (C=O) groups excluding carboxylic acids is 2. The Balaban J connectivity index is 1.91. The lowest BCUT2D eigenvalue weighted by molar-refractivity contribution is -0.123. The first-order chi connectivity index (χ1) is 10.1. The number of imide groups is 1. The fourth-order valence-corrected chi connectivity index (χ4v) is 3.26. The van der Waals surface area contributed by atoms with Crippen molar-refractivity contribution < 1.29 is 9.59 Å². The molecule has 0 radical (unpaired) electrons. The van der Waals surface area contributed by atoms with Crippen LogP contribution in [0.1, 0.15) is 25.5 Å². The van der Waals surface area contributed by atoms with Gasteiger partial charge in [0.2, 0.25) is 11.8 Å². The van der Waals surface area contributed by atoms with Gasteiger partial charge in [-0.1, -0.05) is 18.9 Å². The number of hydrogen-bond donors (Lipinski definition) is 1. The quantitative estimate of drug-likeness (QED) is 0.614. The fourth-order valence-electron chi connectivity index (χ4n) is 3.26. The summed E-state index contributed by atoms with van der Waals surface area (Å²) >= 11 is 0. The molecule has 1 saturated carbocycles. The molecule has 2 unspecified atom stereocenters. The van der Waals surface area contributed by atoms with Crippen LogP contribution in [-0.4, -0.2) is 23.3 Å². The van der Waals surface area contributed by atoms with Gasteiger partial charge in [-0.05, 0) is 36.8 Å². The van der Waals surface area contributed by atoms with Crippen molar-refractivity contribution in [2.75, 3.05) is 11.4 Å². The number of rotatable bonds is 1. The highest BCUT2D eigenvalue weighted by Gasteiger charge is 2.52. The van der Waals surface area contributed by atoms with Gasteiger partial charge in [-0.2, -0.15) is 0 Å². The Kier molecular flexibility index (Phi) is 3.48. The second-order valence-electron chi connectivity index (χ2n) is 5.69. The molecule has 1 aromatic heterocycles. The molecule has 1 aliphatic carbocycles. The predicted octanol–water partition coefficient (Wildman–Crippen LogP) is 0.927. The summed E-state index contributed by atoms with van der Waals surface area (Å²) in [7, 11) is 0. The molecule has 1 aliphatic heterocycles. The van der Waals surface area contributed by atoms with E-state index in [2.05, 4.69) is 23.7 Å². The zero-order valence-corrected chi connectivity index (χ0v) is 11.9. The molecule has 2 fully saturated rings. The molecule has 3 rings (SSSR count). The monoisotopic (exact) mass is 283 g/mol. The summed E-state index contributed by atoms with van der Waals surface area (Å²) < 4.78 is 0. The molecular weight excluding hydrogens is 266 g/mol. The van der Waals surface area contributed by atoms with Crippen LogP contribution in [0.4, 0.5) is 5.82 Å². The summed E-state index contributed by atoms with van der Waals surface area (Å²) in [4.78, 5) is 30.5. The topological polar surface area (TPSA) is 76.3 Å². The Bertz CT molecular complexity index is 635. The lowest BCUT2D eigenvalue weighted by atomic mass is 10.00. The van der Waals surface area contributed by atoms with Crippen LogP contribution in [-0.2, 0) is 9.59 Å². The van der Waals surface area contributed by atoms with Gasteiger partial charge in [0.15, 0.2) is 0 Å². The molecule has 2 heterocycles. The van der Waals surface area contributed by atoms with Gasteiger partial charge < -0.3 is 5.73 Å². The van der Waals surface area contributed by atoms with Gasteiger partial charge in [-0.3, -0.25) is 9.59 Å². The summed E-state index contributed by atoms with van der Waals surface area (Å²) in [6, 6.07) is 5.16. The fraction of sp³-hybridized carbons (Fsp3) is 0.438. The number of aromatic nitrogens is 1. The first kappa shape index (κ1) is 13.8. The number of pyridine rings is 1. The SMILES string of the molecule is CC1CC2C(=O)N(c3cccc(C#CCN)n3)C(=O)C2C1. The van der Waals surface area contributed by atoms with Crippen molar-refractivity contribution in [3.8, 4) is 11.8 Å². The summed E-state index contributed by atoms with van der Waals surface area (Å²) in [6.45, 7) is 2.33. The van der Waals surface area contributed by atoms with Crippen molar-refractivity contribution in [3.63, 3.8) is 0 Å². The molecule has 2 aliphatic rings. The first-order valence-electron chi connectivity index (χ1n) is 7.15. The number of fused-ring (bicyclic) bond motifs is 1. The van der Waals surface area contributed by atoms with E-state index in [0.717, 1.165) is 12.8 Å². The van der Waals surface area contributed by atoms with Crippen molar-refractivity contribution in [2.45, 2.75) is 19.8 Å². The van der Waals surface area contributed by atoms with E-state index < -0.39 is 0 Å². The van der Waals surface area contributed by atoms with E-state index in [1.54, 1.807) is 18.2 Å². The largest absolute Gasteiger partial charge is 0.320 e. The van der Waals surface area contributed by atoms with Gasteiger partial charge in [0.1, 0.15) is 11.5 Å². The highest BCUT2D eigenvalue weighted by molar-refractivity contribution is 6.21. The minimum Gasteiger partial charge on any atom is -0.320 e. The minimum atomic E-state index is -0.173. The van der Waals surface area contributed by atoms with Gasteiger partial charge in [-0.15, -0.1) is 0 Å². The molecule has 1 saturated heterocycles. The molecule has 108 valence electrons. The highest BCUT2D eigenvalue weighted by atomic mass is 16.2. The molecule has 5 nitrogen and oxygen atoms in total. The normalized spacial score (nSPS) is 27.5. The number of nitrogens with two attached hydrogens (primary N) is 1. The van der Waals surface area contributed by atoms with E-state index in [9.17, 15) is 9.59 Å². The maximum absolute atomic E-state index is 12.5. The maximum atomic E-state index is 12.5. The number of carbonyl (C=O) groups is 2. The molecular formula is C16H17N3O2. The van der Waals surface area contributed by atoms with Crippen LogP contribution >= 0.6 is 0 Å². The Hall–Kier alpha value is -2.19. The van der Waals surface area contributed by atoms with E-state index in [1.807, 2.05) is 0 Å². The first-order valence-corrected chi connectivity index (χ1v) is 7.15. The lowest BCUT2D eigenvalue weighted by Gasteiger charge is -2.15. The Morgan fingerprint density at radius 2 is 1.95 bits per heavy atom. The van der Waals surface area contributed by atoms with Crippen LogP contribution in [0, 0.1) is 29.6 Å². The number of hydrogen-bond acceptors (Lipinski definition) is 4. The smallest absolute Gasteiger partial charge is 0.238 e. The minimum absolute atomic E-state index is 0.120. The summed E-state index contributed by atoms with van der Waals surface area (Å²) in [5, 5.41) is 0. The molecule has 2 atom stereocenters. The molecule has 2 amide bonds. The van der Waals surface area contributed by atoms with Crippen LogP contribution in [0.15, 0.2) is 18.2 Å². The molecule has 5 heteroatoms. The highest BCUT2D eigenvalue weighted by Crippen LogP contribution is 2.43. The Labute approximate surface area is 123 Å². The van der Waals surface area contributed by atoms with Gasteiger partial charge in [-0.25, -0.2) is 9.88 Å². The third kappa shape index (κ3) is 2.32. The van der Waals surface area contributed by atoms with Crippen molar-refractivity contribution in [1.82, 2.24) is 4.98 Å². The second-order valence-corrected chi connectivity index (χ2v) is 5.69. The molecule has 1 aromatic rings. The average Bonchev–Trinajstić information content (AvgIpc) is 2.96.